The molecule has 3 atom stereocenters. The Morgan fingerprint density at radius 3 is 2.55 bits per heavy atom. The lowest BCUT2D eigenvalue weighted by Crippen LogP contribution is -2.71. The SMILES string of the molecule is O=C1NC2CN3CCNC3C(NCCCC3(CC3)C3CCN(CC3)c3cc(N4CCCS4(=O)=O)ccc31)N2. The van der Waals surface area contributed by atoms with Gasteiger partial charge in [-0.15, -0.1) is 0 Å². The van der Waals surface area contributed by atoms with Gasteiger partial charge in [0.2, 0.25) is 10.0 Å². The minimum absolute atomic E-state index is 0.0713. The molecule has 38 heavy (non-hydrogen) atoms. The molecule has 1 aliphatic carbocycles. The summed E-state index contributed by atoms with van der Waals surface area (Å²) in [7, 11) is -3.29. The lowest BCUT2D eigenvalue weighted by atomic mass is 9.78. The van der Waals surface area contributed by atoms with Crippen LogP contribution in [0.4, 0.5) is 11.4 Å². The number of fused-ring (bicyclic) bond motifs is 7. The second-order valence-corrected chi connectivity index (χ2v) is 14.2. The molecule has 6 heterocycles. The first-order valence-corrected chi connectivity index (χ1v) is 16.2. The zero-order chi connectivity index (χ0) is 25.9. The summed E-state index contributed by atoms with van der Waals surface area (Å²) in [6.07, 6.45) is 8.19. The topological polar surface area (TPSA) is 109 Å². The summed E-state index contributed by atoms with van der Waals surface area (Å²) in [6.45, 7) is 5.97. The molecule has 6 aliphatic heterocycles. The van der Waals surface area contributed by atoms with E-state index in [1.165, 1.54) is 30.0 Å². The third kappa shape index (κ3) is 4.50. The number of rotatable bonds is 1. The molecule has 11 heteroatoms. The van der Waals surface area contributed by atoms with E-state index >= 15 is 0 Å². The Balaban J connectivity index is 1.22. The number of carbonyl (C=O) groups excluding carboxylic acids is 1. The van der Waals surface area contributed by atoms with E-state index in [9.17, 15) is 13.2 Å². The third-order valence-electron chi connectivity index (χ3n) is 9.99. The molecule has 208 valence electrons. The van der Waals surface area contributed by atoms with Crippen molar-refractivity contribution in [2.45, 2.75) is 63.4 Å². The third-order valence-corrected chi connectivity index (χ3v) is 11.9. The number of carbonyl (C=O) groups is 1. The van der Waals surface area contributed by atoms with Crippen LogP contribution >= 0.6 is 0 Å². The van der Waals surface area contributed by atoms with Crippen LogP contribution in [0.25, 0.3) is 0 Å². The summed E-state index contributed by atoms with van der Waals surface area (Å²) in [4.78, 5) is 18.5. The monoisotopic (exact) mass is 543 g/mol. The lowest BCUT2D eigenvalue weighted by Gasteiger charge is -2.43. The Morgan fingerprint density at radius 2 is 1.79 bits per heavy atom. The summed E-state index contributed by atoms with van der Waals surface area (Å²) in [6, 6.07) is 5.60. The zero-order valence-electron chi connectivity index (χ0n) is 22.1. The Bertz CT molecular complexity index is 1180. The van der Waals surface area contributed by atoms with Gasteiger partial charge in [0.05, 0.1) is 41.2 Å². The van der Waals surface area contributed by atoms with E-state index in [1.54, 1.807) is 0 Å². The number of amides is 1. The zero-order valence-corrected chi connectivity index (χ0v) is 22.9. The molecule has 4 bridgehead atoms. The van der Waals surface area contributed by atoms with Crippen molar-refractivity contribution in [3.05, 3.63) is 23.8 Å². The highest BCUT2D eigenvalue weighted by Crippen LogP contribution is 2.58. The summed E-state index contributed by atoms with van der Waals surface area (Å²) < 4.78 is 26.9. The fourth-order valence-corrected chi connectivity index (χ4v) is 9.32. The largest absolute Gasteiger partial charge is 0.371 e. The van der Waals surface area contributed by atoms with Crippen molar-refractivity contribution in [1.29, 1.82) is 0 Å². The maximum Gasteiger partial charge on any atom is 0.254 e. The van der Waals surface area contributed by atoms with Gasteiger partial charge < -0.3 is 10.2 Å². The molecule has 8 rings (SSSR count). The second kappa shape index (κ2) is 9.62. The maximum atomic E-state index is 13.8. The Kier molecular flexibility index (Phi) is 6.35. The molecule has 1 saturated carbocycles. The molecule has 5 fully saturated rings. The van der Waals surface area contributed by atoms with Gasteiger partial charge in [0.15, 0.2) is 0 Å². The first-order valence-electron chi connectivity index (χ1n) is 14.6. The van der Waals surface area contributed by atoms with Crippen LogP contribution in [0.5, 0.6) is 0 Å². The average Bonchev–Trinajstić information content (AvgIpc) is 3.39. The number of nitrogens with zero attached hydrogens (tertiary/aromatic N) is 3. The van der Waals surface area contributed by atoms with Gasteiger partial charge in [0.1, 0.15) is 0 Å². The standard InChI is InChI=1S/C27H41N7O3S/c35-26-21-4-3-20(34-12-2-16-38(34,36)37)17-22(21)32-13-5-19(6-14-32)27(8-9-27)7-1-10-28-24-25-29-11-15-33(25)18-23(30-24)31-26/h3-4,17,19,23-25,28-30H,1-2,5-16,18H2,(H,31,35). The number of hydrogen-bond acceptors (Lipinski definition) is 8. The number of benzene rings is 1. The van der Waals surface area contributed by atoms with E-state index in [0.29, 0.717) is 29.6 Å². The Labute approximate surface area is 225 Å². The molecule has 1 aromatic rings. The van der Waals surface area contributed by atoms with E-state index in [1.807, 2.05) is 18.2 Å². The van der Waals surface area contributed by atoms with Crippen LogP contribution in [0.3, 0.4) is 0 Å². The molecule has 0 radical (unpaired) electrons. The fraction of sp³-hybridized carbons (Fsp3) is 0.741. The van der Waals surface area contributed by atoms with Crippen LogP contribution in [0.2, 0.25) is 0 Å². The number of piperazine rings is 1. The number of anilines is 2. The van der Waals surface area contributed by atoms with Gasteiger partial charge in [-0.2, -0.15) is 0 Å². The van der Waals surface area contributed by atoms with Crippen molar-refractivity contribution in [1.82, 2.24) is 26.2 Å². The highest BCUT2D eigenvalue weighted by Gasteiger charge is 2.49. The first kappa shape index (κ1) is 25.1. The second-order valence-electron chi connectivity index (χ2n) is 12.2. The van der Waals surface area contributed by atoms with Crippen molar-refractivity contribution in [3.8, 4) is 0 Å². The van der Waals surface area contributed by atoms with Crippen LogP contribution in [0, 0.1) is 11.3 Å². The van der Waals surface area contributed by atoms with Gasteiger partial charge in [-0.1, -0.05) is 0 Å². The normalized spacial score (nSPS) is 33.3. The molecule has 4 saturated heterocycles. The van der Waals surface area contributed by atoms with Crippen molar-refractivity contribution in [3.63, 3.8) is 0 Å². The molecule has 10 nitrogen and oxygen atoms in total. The lowest BCUT2D eigenvalue weighted by molar-refractivity contribution is 0.0714. The summed E-state index contributed by atoms with van der Waals surface area (Å²) in [5.74, 6) is 0.813. The van der Waals surface area contributed by atoms with Crippen LogP contribution in [0.1, 0.15) is 55.3 Å². The van der Waals surface area contributed by atoms with E-state index in [2.05, 4.69) is 31.1 Å². The highest BCUT2D eigenvalue weighted by atomic mass is 32.2. The maximum absolute atomic E-state index is 13.8. The van der Waals surface area contributed by atoms with Gasteiger partial charge in [-0.3, -0.25) is 30.0 Å². The van der Waals surface area contributed by atoms with Gasteiger partial charge in [0.25, 0.3) is 5.91 Å². The highest BCUT2D eigenvalue weighted by molar-refractivity contribution is 7.93. The van der Waals surface area contributed by atoms with Crippen LogP contribution < -0.4 is 30.5 Å². The van der Waals surface area contributed by atoms with Gasteiger partial charge in [0, 0.05) is 39.3 Å². The number of sulfonamides is 1. The minimum atomic E-state index is -3.29. The average molecular weight is 544 g/mol. The van der Waals surface area contributed by atoms with Gasteiger partial charge in [-0.05, 0) is 81.0 Å². The van der Waals surface area contributed by atoms with Gasteiger partial charge in [-0.25, -0.2) is 8.42 Å². The Hall–Kier alpha value is -1.92. The first-order chi connectivity index (χ1) is 18.4. The predicted octanol–water partition coefficient (Wildman–Crippen LogP) is 0.823. The fourth-order valence-electron chi connectivity index (χ4n) is 7.76. The summed E-state index contributed by atoms with van der Waals surface area (Å²) >= 11 is 0. The van der Waals surface area contributed by atoms with Crippen LogP contribution in [0.15, 0.2) is 18.2 Å². The van der Waals surface area contributed by atoms with Crippen molar-refractivity contribution in [2.24, 2.45) is 11.3 Å². The molecule has 1 amide bonds. The van der Waals surface area contributed by atoms with Crippen LogP contribution in [-0.2, 0) is 10.0 Å². The summed E-state index contributed by atoms with van der Waals surface area (Å²) in [5, 5.41) is 14.3. The quantitative estimate of drug-likeness (QED) is 0.413. The van der Waals surface area contributed by atoms with E-state index in [4.69, 9.17) is 0 Å². The van der Waals surface area contributed by atoms with E-state index in [0.717, 1.165) is 63.7 Å². The molecule has 1 spiro atoms. The Morgan fingerprint density at radius 1 is 0.947 bits per heavy atom. The van der Waals surface area contributed by atoms with E-state index < -0.39 is 10.0 Å². The molecule has 0 aromatic heterocycles. The smallest absolute Gasteiger partial charge is 0.254 e. The number of nitrogens with one attached hydrogen (secondary N) is 4. The van der Waals surface area contributed by atoms with Crippen molar-refractivity contribution >= 4 is 27.3 Å². The summed E-state index contributed by atoms with van der Waals surface area (Å²) in [5.41, 5.74) is 2.67. The van der Waals surface area contributed by atoms with Crippen LogP contribution in [-0.4, -0.2) is 89.3 Å². The van der Waals surface area contributed by atoms with E-state index in [-0.39, 0.29) is 30.2 Å². The predicted molar refractivity (Wildman–Crippen MR) is 148 cm³/mol. The molecule has 7 aliphatic rings. The molecule has 3 unspecified atom stereocenters. The molecular weight excluding hydrogens is 502 g/mol. The minimum Gasteiger partial charge on any atom is -0.371 e. The number of hydrogen-bond donors (Lipinski definition) is 4. The molecule has 4 N–H and O–H groups in total. The van der Waals surface area contributed by atoms with Gasteiger partial charge >= 0.3 is 0 Å². The molecular formula is C27H41N7O3S. The van der Waals surface area contributed by atoms with Crippen molar-refractivity contribution in [2.75, 3.05) is 60.8 Å². The number of piperidine rings is 1. The van der Waals surface area contributed by atoms with Crippen molar-refractivity contribution < 1.29 is 13.2 Å². The molecule has 1 aromatic carbocycles.